The molecule has 0 aliphatic heterocycles. The topological polar surface area (TPSA) is 92.3 Å². The first-order valence-electron chi connectivity index (χ1n) is 10.1. The molecular weight excluding hydrogens is 444 g/mol. The third-order valence-corrected chi connectivity index (χ3v) is 7.63. The Morgan fingerprint density at radius 3 is 1.84 bits per heavy atom. The lowest BCUT2D eigenvalue weighted by atomic mass is 10.1. The van der Waals surface area contributed by atoms with Gasteiger partial charge in [0.1, 0.15) is 0 Å². The third kappa shape index (κ3) is 6.29. The van der Waals surface area contributed by atoms with Gasteiger partial charge in [-0.1, -0.05) is 65.7 Å². The lowest BCUT2D eigenvalue weighted by Crippen LogP contribution is -2.24. The molecule has 3 rings (SSSR count). The van der Waals surface area contributed by atoms with E-state index in [0.717, 1.165) is 11.1 Å². The number of para-hydroxylation sites is 1. The molecule has 0 saturated carbocycles. The Kier molecular flexibility index (Phi) is 7.50. The molecule has 2 N–H and O–H groups in total. The molecule has 0 heterocycles. The Bertz CT molecular complexity index is 1300. The van der Waals surface area contributed by atoms with Crippen molar-refractivity contribution in [3.8, 4) is 0 Å². The quantitative estimate of drug-likeness (QED) is 0.451. The number of nitrogens with one attached hydrogen (secondary N) is 2. The average molecular weight is 471 g/mol. The molecule has 3 aromatic rings. The van der Waals surface area contributed by atoms with Gasteiger partial charge in [-0.2, -0.15) is 0 Å². The van der Waals surface area contributed by atoms with E-state index >= 15 is 0 Å². The van der Waals surface area contributed by atoms with Crippen LogP contribution in [0.4, 0.5) is 5.69 Å². The molecule has 32 heavy (non-hydrogen) atoms. The number of hydrogen-bond acceptors (Lipinski definition) is 4. The summed E-state index contributed by atoms with van der Waals surface area (Å²) in [5.74, 6) is 0. The smallest absolute Gasteiger partial charge is 0.261 e. The molecule has 0 amide bonds. The molecule has 0 aliphatic rings. The molecule has 0 saturated heterocycles. The maximum Gasteiger partial charge on any atom is 0.261 e. The standard InChI is InChI=1S/C24H26N2O4S2/c1-19-10-14-22(15-11-19)31(27,28)25-18-6-5-8-21-7-3-4-9-24(21)26-32(29,30)23-16-12-20(2)13-17-23/h3-5,7-17,25-26H,6,18H2,1-2H3/b8-5+. The largest absolute Gasteiger partial charge is 0.279 e. The van der Waals surface area contributed by atoms with Gasteiger partial charge in [0.15, 0.2) is 0 Å². The van der Waals surface area contributed by atoms with Crippen LogP contribution in [0.2, 0.25) is 0 Å². The Hall–Kier alpha value is -2.94. The van der Waals surface area contributed by atoms with E-state index in [1.165, 1.54) is 0 Å². The van der Waals surface area contributed by atoms with Gasteiger partial charge < -0.3 is 0 Å². The average Bonchev–Trinajstić information content (AvgIpc) is 2.75. The first-order valence-corrected chi connectivity index (χ1v) is 13.1. The van der Waals surface area contributed by atoms with Crippen LogP contribution in [0.3, 0.4) is 0 Å². The molecule has 0 spiro atoms. The molecule has 8 heteroatoms. The van der Waals surface area contributed by atoms with Crippen LogP contribution in [0, 0.1) is 13.8 Å². The molecule has 168 valence electrons. The van der Waals surface area contributed by atoms with E-state index in [4.69, 9.17) is 0 Å². The molecule has 3 aromatic carbocycles. The van der Waals surface area contributed by atoms with Crippen molar-refractivity contribution in [1.29, 1.82) is 0 Å². The van der Waals surface area contributed by atoms with Gasteiger partial charge in [-0.05, 0) is 56.2 Å². The van der Waals surface area contributed by atoms with E-state index in [2.05, 4.69) is 9.44 Å². The lowest BCUT2D eigenvalue weighted by Gasteiger charge is -2.11. The number of hydrogen-bond donors (Lipinski definition) is 2. The fourth-order valence-electron chi connectivity index (χ4n) is 2.94. The van der Waals surface area contributed by atoms with Gasteiger partial charge in [-0.15, -0.1) is 0 Å². The Balaban J connectivity index is 1.63. The Morgan fingerprint density at radius 1 is 0.719 bits per heavy atom. The summed E-state index contributed by atoms with van der Waals surface area (Å²) in [6.45, 7) is 4.02. The monoisotopic (exact) mass is 470 g/mol. The highest BCUT2D eigenvalue weighted by Gasteiger charge is 2.15. The minimum absolute atomic E-state index is 0.187. The molecule has 6 nitrogen and oxygen atoms in total. The van der Waals surface area contributed by atoms with Crippen LogP contribution >= 0.6 is 0 Å². The summed E-state index contributed by atoms with van der Waals surface area (Å²) in [6.07, 6.45) is 4.02. The van der Waals surface area contributed by atoms with Gasteiger partial charge in [0, 0.05) is 6.54 Å². The van der Waals surface area contributed by atoms with Crippen molar-refractivity contribution in [1.82, 2.24) is 4.72 Å². The number of aryl methyl sites for hydroxylation is 2. The second kappa shape index (κ2) is 10.1. The second-order valence-electron chi connectivity index (χ2n) is 7.41. The van der Waals surface area contributed by atoms with Crippen molar-refractivity contribution in [2.45, 2.75) is 30.1 Å². The van der Waals surface area contributed by atoms with E-state index in [0.29, 0.717) is 17.7 Å². The van der Waals surface area contributed by atoms with Crippen LogP contribution in [0.5, 0.6) is 0 Å². The summed E-state index contributed by atoms with van der Waals surface area (Å²) in [4.78, 5) is 0.412. The van der Waals surface area contributed by atoms with Crippen molar-refractivity contribution in [2.24, 2.45) is 0 Å². The van der Waals surface area contributed by atoms with Crippen LogP contribution in [-0.2, 0) is 20.0 Å². The highest BCUT2D eigenvalue weighted by molar-refractivity contribution is 7.92. The minimum Gasteiger partial charge on any atom is -0.279 e. The van der Waals surface area contributed by atoms with Gasteiger partial charge in [0.05, 0.1) is 15.5 Å². The summed E-state index contributed by atoms with van der Waals surface area (Å²) in [6, 6.07) is 20.3. The van der Waals surface area contributed by atoms with Crippen molar-refractivity contribution in [2.75, 3.05) is 11.3 Å². The highest BCUT2D eigenvalue weighted by atomic mass is 32.2. The number of anilines is 1. The molecule has 0 atom stereocenters. The summed E-state index contributed by atoms with van der Waals surface area (Å²) >= 11 is 0. The zero-order valence-corrected chi connectivity index (χ0v) is 19.6. The fourth-order valence-corrected chi connectivity index (χ4v) is 5.08. The first kappa shape index (κ1) is 23.7. The van der Waals surface area contributed by atoms with Crippen LogP contribution in [0.1, 0.15) is 23.1 Å². The van der Waals surface area contributed by atoms with Crippen LogP contribution < -0.4 is 9.44 Å². The van der Waals surface area contributed by atoms with Gasteiger partial charge >= 0.3 is 0 Å². The van der Waals surface area contributed by atoms with Gasteiger partial charge in [-0.3, -0.25) is 4.72 Å². The lowest BCUT2D eigenvalue weighted by molar-refractivity contribution is 0.582. The molecule has 0 unspecified atom stereocenters. The third-order valence-electron chi connectivity index (χ3n) is 4.77. The van der Waals surface area contributed by atoms with Gasteiger partial charge in [-0.25, -0.2) is 21.6 Å². The van der Waals surface area contributed by atoms with Gasteiger partial charge in [0.2, 0.25) is 10.0 Å². The predicted molar refractivity (Wildman–Crippen MR) is 128 cm³/mol. The minimum atomic E-state index is -3.72. The van der Waals surface area contributed by atoms with Crippen molar-refractivity contribution < 1.29 is 16.8 Å². The van der Waals surface area contributed by atoms with E-state index < -0.39 is 20.0 Å². The van der Waals surface area contributed by atoms with Gasteiger partial charge in [0.25, 0.3) is 10.0 Å². The van der Waals surface area contributed by atoms with E-state index in [1.807, 2.05) is 19.9 Å². The molecule has 0 aromatic heterocycles. The molecule has 0 bridgehead atoms. The molecule has 0 radical (unpaired) electrons. The van der Waals surface area contributed by atoms with Crippen molar-refractivity contribution >= 4 is 31.8 Å². The summed E-state index contributed by atoms with van der Waals surface area (Å²) < 4.78 is 55.2. The first-order chi connectivity index (χ1) is 15.2. The Labute approximate surface area is 190 Å². The SMILES string of the molecule is Cc1ccc(S(=O)(=O)NCC/C=C/c2ccccc2NS(=O)(=O)c2ccc(C)cc2)cc1. The van der Waals surface area contributed by atoms with Crippen molar-refractivity contribution in [3.05, 3.63) is 95.6 Å². The van der Waals surface area contributed by atoms with Crippen molar-refractivity contribution in [3.63, 3.8) is 0 Å². The molecule has 0 fully saturated rings. The zero-order chi connectivity index (χ0) is 23.2. The second-order valence-corrected chi connectivity index (χ2v) is 10.9. The van der Waals surface area contributed by atoms with Crippen LogP contribution in [0.15, 0.2) is 88.7 Å². The Morgan fingerprint density at radius 2 is 1.25 bits per heavy atom. The molecule has 0 aliphatic carbocycles. The number of benzene rings is 3. The van der Waals surface area contributed by atoms with E-state index in [-0.39, 0.29) is 16.3 Å². The zero-order valence-electron chi connectivity index (χ0n) is 17.9. The van der Waals surface area contributed by atoms with Crippen LogP contribution in [-0.4, -0.2) is 23.4 Å². The number of sulfonamides is 2. The molecular formula is C24H26N2O4S2. The van der Waals surface area contributed by atoms with E-state index in [9.17, 15) is 16.8 Å². The normalized spacial score (nSPS) is 12.2. The highest BCUT2D eigenvalue weighted by Crippen LogP contribution is 2.21. The summed E-state index contributed by atoms with van der Waals surface area (Å²) in [5, 5.41) is 0. The predicted octanol–water partition coefficient (Wildman–Crippen LogP) is 4.49. The maximum absolute atomic E-state index is 12.7. The summed E-state index contributed by atoms with van der Waals surface area (Å²) in [7, 11) is -7.28. The van der Waals surface area contributed by atoms with Crippen LogP contribution in [0.25, 0.3) is 6.08 Å². The fraction of sp³-hybridized carbons (Fsp3) is 0.167. The summed E-state index contributed by atoms with van der Waals surface area (Å²) in [5.41, 5.74) is 3.10. The van der Waals surface area contributed by atoms with E-state index in [1.54, 1.807) is 78.9 Å². The number of rotatable bonds is 9. The maximum atomic E-state index is 12.7.